The fourth-order valence-electron chi connectivity index (χ4n) is 2.28. The predicted molar refractivity (Wildman–Crippen MR) is 116 cm³/mol. The van der Waals surface area contributed by atoms with Crippen molar-refractivity contribution in [2.24, 2.45) is 0 Å². The van der Waals surface area contributed by atoms with Gasteiger partial charge in [0.05, 0.1) is 23.1 Å². The summed E-state index contributed by atoms with van der Waals surface area (Å²) in [6.07, 6.45) is -1.25. The average Bonchev–Trinajstić information content (AvgIpc) is 2.77. The Labute approximate surface area is 192 Å². The highest BCUT2D eigenvalue weighted by molar-refractivity contribution is 6.53. The summed E-state index contributed by atoms with van der Waals surface area (Å²) >= 11 is 16.2. The Balaban J connectivity index is 0.000000367. The van der Waals surface area contributed by atoms with Crippen molar-refractivity contribution in [1.29, 1.82) is 0 Å². The number of nitrogens with one attached hydrogen (secondary N) is 1. The normalized spacial score (nSPS) is 12.3. The summed E-state index contributed by atoms with van der Waals surface area (Å²) in [4.78, 5) is 30.3. The largest absolute Gasteiger partial charge is 0.478 e. The molecule has 4 N–H and O–H groups in total. The molecule has 0 fully saturated rings. The van der Waals surface area contributed by atoms with Crippen LogP contribution in [0.2, 0.25) is 0 Å². The number of hydrogen-bond acceptors (Lipinski definition) is 6. The van der Waals surface area contributed by atoms with E-state index >= 15 is 0 Å². The molecular formula is C19H19Cl3N2O7. The van der Waals surface area contributed by atoms with Gasteiger partial charge in [0.25, 0.3) is 11.6 Å². The number of hydrogen-bond donors (Lipinski definition) is 4. The molecule has 2 aromatic carbocycles. The van der Waals surface area contributed by atoms with E-state index in [4.69, 9.17) is 45.0 Å². The summed E-state index contributed by atoms with van der Waals surface area (Å²) < 4.78 is 0. The Kier molecular flexibility index (Phi) is 11.2. The molecule has 168 valence electrons. The fourth-order valence-corrected chi connectivity index (χ4v) is 2.58. The van der Waals surface area contributed by atoms with E-state index in [0.29, 0.717) is 11.4 Å². The minimum Gasteiger partial charge on any atom is -0.478 e. The molecule has 2 aromatic rings. The van der Waals surface area contributed by atoms with Gasteiger partial charge in [-0.05, 0) is 35.4 Å². The summed E-state index contributed by atoms with van der Waals surface area (Å²) in [7, 11) is 0. The Hall–Kier alpha value is -2.43. The van der Waals surface area contributed by atoms with Crippen molar-refractivity contribution in [3.63, 3.8) is 0 Å². The quantitative estimate of drug-likeness (QED) is 0.251. The number of alkyl halides is 3. The number of aliphatic hydroxyl groups is 2. The molecule has 0 spiro atoms. The number of carbonyl (C=O) groups is 2. The second kappa shape index (κ2) is 13.1. The van der Waals surface area contributed by atoms with Crippen LogP contribution in [0.15, 0.2) is 48.5 Å². The summed E-state index contributed by atoms with van der Waals surface area (Å²) in [5, 5.41) is 40.5. The summed E-state index contributed by atoms with van der Waals surface area (Å²) in [5.41, 5.74) is 1.28. The van der Waals surface area contributed by atoms with Crippen LogP contribution in [0.25, 0.3) is 0 Å². The number of carbonyl (C=O) groups excluding carboxylic acids is 1. The number of carboxylic acid groups (broad SMARTS) is 1. The third-order valence-electron chi connectivity index (χ3n) is 3.88. The van der Waals surface area contributed by atoms with E-state index in [0.717, 1.165) is 5.56 Å². The molecule has 0 unspecified atom stereocenters. The summed E-state index contributed by atoms with van der Waals surface area (Å²) in [6, 6.07) is 10.6. The number of aromatic carboxylic acids is 1. The van der Waals surface area contributed by atoms with Crippen molar-refractivity contribution >= 4 is 52.4 Å². The second-order valence-corrected chi connectivity index (χ2v) is 7.39. The van der Waals surface area contributed by atoms with Crippen LogP contribution >= 0.6 is 34.8 Å². The molecular weight excluding hydrogens is 475 g/mol. The van der Waals surface area contributed by atoms with E-state index in [1.165, 1.54) is 24.3 Å². The zero-order valence-electron chi connectivity index (χ0n) is 15.8. The first-order valence-electron chi connectivity index (χ1n) is 8.60. The summed E-state index contributed by atoms with van der Waals surface area (Å²) in [6.45, 7) is -0.551. The molecule has 12 heteroatoms. The van der Waals surface area contributed by atoms with E-state index in [1.807, 2.05) is 0 Å². The lowest BCUT2D eigenvalue weighted by Gasteiger charge is -2.22. The summed E-state index contributed by atoms with van der Waals surface area (Å²) in [5.74, 6) is -1.33. The van der Waals surface area contributed by atoms with E-state index < -0.39 is 40.4 Å². The highest BCUT2D eigenvalue weighted by Gasteiger charge is 2.24. The smallest absolute Gasteiger partial charge is 0.335 e. The van der Waals surface area contributed by atoms with Gasteiger partial charge in [-0.1, -0.05) is 35.3 Å². The van der Waals surface area contributed by atoms with Crippen molar-refractivity contribution in [3.8, 4) is 0 Å². The highest BCUT2D eigenvalue weighted by Crippen LogP contribution is 2.20. The van der Waals surface area contributed by atoms with Crippen molar-refractivity contribution in [2.45, 2.75) is 22.9 Å². The molecule has 2 atom stereocenters. The van der Waals surface area contributed by atoms with Gasteiger partial charge in [0.1, 0.15) is 6.10 Å². The van der Waals surface area contributed by atoms with Gasteiger partial charge in [0.15, 0.2) is 4.84 Å². The van der Waals surface area contributed by atoms with Crippen molar-refractivity contribution < 1.29 is 29.8 Å². The lowest BCUT2D eigenvalue weighted by atomic mass is 10.0. The number of rotatable bonds is 8. The van der Waals surface area contributed by atoms with Gasteiger partial charge in [0.2, 0.25) is 0 Å². The number of nitrogens with zero attached hydrogens (tertiary/aromatic N) is 1. The molecule has 31 heavy (non-hydrogen) atoms. The van der Waals surface area contributed by atoms with Crippen LogP contribution < -0.4 is 5.32 Å². The van der Waals surface area contributed by atoms with Gasteiger partial charge in [-0.15, -0.1) is 11.6 Å². The van der Waals surface area contributed by atoms with Crippen LogP contribution in [0.3, 0.4) is 0 Å². The van der Waals surface area contributed by atoms with Gasteiger partial charge in [0, 0.05) is 18.0 Å². The number of nitro groups is 1. The molecule has 2 rings (SSSR count). The Morgan fingerprint density at radius 3 is 2.19 bits per heavy atom. The number of amides is 1. The minimum atomic E-state index is -1.33. The zero-order valence-corrected chi connectivity index (χ0v) is 18.1. The first kappa shape index (κ1) is 26.6. The van der Waals surface area contributed by atoms with Crippen LogP contribution in [0.5, 0.6) is 0 Å². The van der Waals surface area contributed by atoms with E-state index in [1.54, 1.807) is 24.3 Å². The SMILES string of the molecule is O=C(N[C@H](CO)[C@H](O)c1ccc([N+](=O)[O-])cc1)C(Cl)Cl.O=C(O)c1cccc(CCl)c1. The standard InChI is InChI=1S/C11H12Cl2N2O5.C8H7ClO2/c12-10(13)11(18)14-8(5-16)9(17)6-1-3-7(4-2-6)15(19)20;9-5-6-2-1-3-7(4-6)8(10)11/h1-4,8-10,16-17H,5H2,(H,14,18);1-4H,5H2,(H,10,11)/t8-,9-;/m1./s1. The van der Waals surface area contributed by atoms with Gasteiger partial charge >= 0.3 is 5.97 Å². The second-order valence-electron chi connectivity index (χ2n) is 6.03. The van der Waals surface area contributed by atoms with E-state index in [9.17, 15) is 24.8 Å². The Morgan fingerprint density at radius 2 is 1.74 bits per heavy atom. The Morgan fingerprint density at radius 1 is 1.13 bits per heavy atom. The molecule has 0 heterocycles. The minimum absolute atomic E-state index is 0.132. The monoisotopic (exact) mass is 492 g/mol. The molecule has 0 aromatic heterocycles. The van der Waals surface area contributed by atoms with E-state index in [-0.39, 0.29) is 11.3 Å². The third kappa shape index (κ3) is 8.68. The van der Waals surface area contributed by atoms with Crippen LogP contribution in [-0.2, 0) is 10.7 Å². The highest BCUT2D eigenvalue weighted by atomic mass is 35.5. The molecule has 0 saturated carbocycles. The Bertz CT molecular complexity index is 894. The first-order valence-corrected chi connectivity index (χ1v) is 10.0. The number of carboxylic acids is 1. The van der Waals surface area contributed by atoms with Gasteiger partial charge in [-0.3, -0.25) is 14.9 Å². The third-order valence-corrected chi connectivity index (χ3v) is 4.58. The molecule has 0 bridgehead atoms. The first-order chi connectivity index (χ1) is 14.6. The molecule has 0 aliphatic carbocycles. The molecule has 0 aliphatic heterocycles. The van der Waals surface area contributed by atoms with Crippen molar-refractivity contribution in [3.05, 3.63) is 75.3 Å². The van der Waals surface area contributed by atoms with Crippen molar-refractivity contribution in [1.82, 2.24) is 5.32 Å². The van der Waals surface area contributed by atoms with Crippen LogP contribution in [-0.4, -0.2) is 49.6 Å². The van der Waals surface area contributed by atoms with Crippen LogP contribution in [0.4, 0.5) is 5.69 Å². The number of non-ortho nitro benzene ring substituents is 1. The van der Waals surface area contributed by atoms with Crippen LogP contribution in [0, 0.1) is 10.1 Å². The van der Waals surface area contributed by atoms with Crippen LogP contribution in [0.1, 0.15) is 27.6 Å². The molecule has 0 radical (unpaired) electrons. The fraction of sp³-hybridized carbons (Fsp3) is 0.263. The topological polar surface area (TPSA) is 150 Å². The number of aliphatic hydroxyl groups excluding tert-OH is 2. The maximum atomic E-state index is 11.3. The predicted octanol–water partition coefficient (Wildman–Crippen LogP) is 3.03. The molecule has 0 aliphatic rings. The number of halogens is 3. The lowest BCUT2D eigenvalue weighted by Crippen LogP contribution is -2.44. The average molecular weight is 494 g/mol. The number of nitro benzene ring substituents is 1. The lowest BCUT2D eigenvalue weighted by molar-refractivity contribution is -0.384. The van der Waals surface area contributed by atoms with Crippen molar-refractivity contribution in [2.75, 3.05) is 6.61 Å². The molecule has 9 nitrogen and oxygen atoms in total. The van der Waals surface area contributed by atoms with Gasteiger partial charge in [-0.2, -0.15) is 0 Å². The molecule has 0 saturated heterocycles. The zero-order chi connectivity index (χ0) is 23.6. The van der Waals surface area contributed by atoms with Gasteiger partial charge in [-0.25, -0.2) is 4.79 Å². The maximum absolute atomic E-state index is 11.3. The number of benzene rings is 2. The molecule has 1 amide bonds. The van der Waals surface area contributed by atoms with Gasteiger partial charge < -0.3 is 20.6 Å². The van der Waals surface area contributed by atoms with E-state index in [2.05, 4.69) is 5.32 Å². The maximum Gasteiger partial charge on any atom is 0.335 e.